The summed E-state index contributed by atoms with van der Waals surface area (Å²) in [4.78, 5) is 25.8. The lowest BCUT2D eigenvalue weighted by Crippen LogP contribution is -2.23. The third kappa shape index (κ3) is 7.35. The van der Waals surface area contributed by atoms with Gasteiger partial charge in [0.15, 0.2) is 17.1 Å². The molecule has 0 amide bonds. The van der Waals surface area contributed by atoms with E-state index in [1.54, 1.807) is 48.5 Å². The van der Waals surface area contributed by atoms with Gasteiger partial charge in [0.1, 0.15) is 12.2 Å². The summed E-state index contributed by atoms with van der Waals surface area (Å²) in [6, 6.07) is 13.7. The van der Waals surface area contributed by atoms with Crippen LogP contribution in [0.3, 0.4) is 0 Å². The Morgan fingerprint density at radius 3 is 2.33 bits per heavy atom. The van der Waals surface area contributed by atoms with Crippen molar-refractivity contribution < 1.29 is 23.4 Å². The molecule has 0 unspecified atom stereocenters. The van der Waals surface area contributed by atoms with Crippen LogP contribution >= 0.6 is 0 Å². The molecule has 36 heavy (non-hydrogen) atoms. The molecule has 0 atom stereocenters. The highest BCUT2D eigenvalue weighted by molar-refractivity contribution is 5.94. The molecular weight excluding hydrogens is 456 g/mol. The first kappa shape index (κ1) is 26.8. The van der Waals surface area contributed by atoms with E-state index in [9.17, 15) is 9.59 Å². The van der Waals surface area contributed by atoms with Crippen LogP contribution in [-0.4, -0.2) is 18.2 Å². The monoisotopic (exact) mass is 490 g/mol. The molecular formula is C30H34O6. The van der Waals surface area contributed by atoms with Gasteiger partial charge < -0.3 is 18.6 Å². The van der Waals surface area contributed by atoms with E-state index in [4.69, 9.17) is 18.6 Å². The summed E-state index contributed by atoms with van der Waals surface area (Å²) in [6.07, 6.45) is 5.98. The second kappa shape index (κ2) is 11.8. The van der Waals surface area contributed by atoms with Crippen molar-refractivity contribution in [2.45, 2.75) is 60.0 Å². The van der Waals surface area contributed by atoms with Gasteiger partial charge in [-0.3, -0.25) is 0 Å². The molecule has 3 aromatic rings. The number of allylic oxidation sites excluding steroid dienone is 3. The van der Waals surface area contributed by atoms with E-state index in [0.717, 1.165) is 18.4 Å². The summed E-state index contributed by atoms with van der Waals surface area (Å²) in [7, 11) is 0. The van der Waals surface area contributed by atoms with Gasteiger partial charge in [-0.25, -0.2) is 9.59 Å². The lowest BCUT2D eigenvalue weighted by atomic mass is 10.1. The molecule has 6 nitrogen and oxygen atoms in total. The van der Waals surface area contributed by atoms with E-state index in [1.807, 2.05) is 33.8 Å². The van der Waals surface area contributed by atoms with Crippen molar-refractivity contribution in [3.63, 3.8) is 0 Å². The van der Waals surface area contributed by atoms with Crippen LogP contribution < -0.4 is 19.8 Å². The Morgan fingerprint density at radius 1 is 0.944 bits per heavy atom. The van der Waals surface area contributed by atoms with Crippen LogP contribution in [0.25, 0.3) is 11.0 Å². The number of para-hydroxylation sites is 1. The lowest BCUT2D eigenvalue weighted by molar-refractivity contribution is 0.0722. The molecule has 1 heterocycles. The predicted molar refractivity (Wildman–Crippen MR) is 142 cm³/mol. The Morgan fingerprint density at radius 2 is 1.67 bits per heavy atom. The van der Waals surface area contributed by atoms with Gasteiger partial charge in [0.2, 0.25) is 0 Å². The third-order valence-electron chi connectivity index (χ3n) is 5.18. The number of hydrogen-bond donors (Lipinski definition) is 0. The number of carbonyl (C=O) groups excluding carboxylic acids is 1. The zero-order chi connectivity index (χ0) is 26.3. The first-order valence-electron chi connectivity index (χ1n) is 12.0. The third-order valence-corrected chi connectivity index (χ3v) is 5.18. The zero-order valence-corrected chi connectivity index (χ0v) is 21.8. The van der Waals surface area contributed by atoms with Crippen LogP contribution in [0.2, 0.25) is 0 Å². The SMILES string of the molecule is CC(C)=CCC/C(C)=C/COc1c(OC(=O)c2ccccc2)c(=O)oc2c(OC(C)(C)C)cccc12. The molecule has 0 aliphatic heterocycles. The number of esters is 1. The summed E-state index contributed by atoms with van der Waals surface area (Å²) in [5.74, 6) is -0.433. The van der Waals surface area contributed by atoms with Gasteiger partial charge >= 0.3 is 11.6 Å². The van der Waals surface area contributed by atoms with Gasteiger partial charge in [0, 0.05) is 0 Å². The maximum Gasteiger partial charge on any atom is 0.383 e. The van der Waals surface area contributed by atoms with Crippen LogP contribution in [0.5, 0.6) is 17.2 Å². The number of fused-ring (bicyclic) bond motifs is 1. The minimum absolute atomic E-state index is 0.137. The maximum atomic E-state index is 13.0. The van der Waals surface area contributed by atoms with Crippen molar-refractivity contribution in [2.75, 3.05) is 6.61 Å². The second-order valence-corrected chi connectivity index (χ2v) is 9.83. The van der Waals surface area contributed by atoms with Gasteiger partial charge in [-0.1, -0.05) is 41.5 Å². The highest BCUT2D eigenvalue weighted by atomic mass is 16.6. The first-order valence-corrected chi connectivity index (χ1v) is 12.0. The van der Waals surface area contributed by atoms with E-state index in [-0.39, 0.29) is 23.7 Å². The number of carbonyl (C=O) groups is 1. The summed E-state index contributed by atoms with van der Waals surface area (Å²) in [5, 5.41) is 0.475. The maximum absolute atomic E-state index is 13.0. The lowest BCUT2D eigenvalue weighted by Gasteiger charge is -2.22. The molecule has 1 aromatic heterocycles. The topological polar surface area (TPSA) is 75.0 Å². The predicted octanol–water partition coefficient (Wildman–Crippen LogP) is 7.26. The Balaban J connectivity index is 2.01. The normalized spacial score (nSPS) is 11.8. The average molecular weight is 491 g/mol. The van der Waals surface area contributed by atoms with Crippen LogP contribution in [0.4, 0.5) is 0 Å². The van der Waals surface area contributed by atoms with Crippen molar-refractivity contribution in [1.82, 2.24) is 0 Å². The Hall–Kier alpha value is -3.80. The Kier molecular flexibility index (Phi) is 8.75. The van der Waals surface area contributed by atoms with Gasteiger partial charge in [-0.2, -0.15) is 0 Å². The summed E-state index contributed by atoms with van der Waals surface area (Å²) in [5.41, 5.74) is 1.63. The molecule has 0 aliphatic rings. The average Bonchev–Trinajstić information content (AvgIpc) is 2.80. The van der Waals surface area contributed by atoms with Crippen molar-refractivity contribution in [1.29, 1.82) is 0 Å². The van der Waals surface area contributed by atoms with E-state index >= 15 is 0 Å². The second-order valence-electron chi connectivity index (χ2n) is 9.83. The number of hydrogen-bond acceptors (Lipinski definition) is 6. The molecule has 0 radical (unpaired) electrons. The molecule has 2 aromatic carbocycles. The fraction of sp³-hybridized carbons (Fsp3) is 0.333. The van der Waals surface area contributed by atoms with Crippen molar-refractivity contribution >= 4 is 16.9 Å². The van der Waals surface area contributed by atoms with Crippen LogP contribution in [0.1, 0.15) is 64.7 Å². The molecule has 0 fully saturated rings. The minimum Gasteiger partial charge on any atom is -0.485 e. The van der Waals surface area contributed by atoms with E-state index in [0.29, 0.717) is 16.7 Å². The fourth-order valence-corrected chi connectivity index (χ4v) is 3.48. The van der Waals surface area contributed by atoms with Gasteiger partial charge in [-0.15, -0.1) is 0 Å². The number of benzene rings is 2. The Bertz CT molecular complexity index is 1320. The van der Waals surface area contributed by atoms with Crippen molar-refractivity contribution in [3.05, 3.63) is 87.8 Å². The standard InChI is InChI=1S/C30H34O6/c1-20(2)12-10-13-21(3)18-19-33-26-23-16-11-17-24(36-30(4,5)6)25(23)34-29(32)27(26)35-28(31)22-14-8-7-9-15-22/h7-9,11-12,14-18H,10,13,19H2,1-6H3/b21-18+. The van der Waals surface area contributed by atoms with E-state index < -0.39 is 17.2 Å². The summed E-state index contributed by atoms with van der Waals surface area (Å²) < 4.78 is 23.2. The number of rotatable bonds is 9. The van der Waals surface area contributed by atoms with E-state index in [1.165, 1.54) is 5.57 Å². The summed E-state index contributed by atoms with van der Waals surface area (Å²) >= 11 is 0. The van der Waals surface area contributed by atoms with Gasteiger partial charge in [0.05, 0.1) is 10.9 Å². The molecule has 6 heteroatoms. The molecule has 0 saturated heterocycles. The van der Waals surface area contributed by atoms with Crippen LogP contribution in [-0.2, 0) is 0 Å². The smallest absolute Gasteiger partial charge is 0.383 e. The molecule has 190 valence electrons. The minimum atomic E-state index is -0.823. The first-order chi connectivity index (χ1) is 17.0. The van der Waals surface area contributed by atoms with Crippen molar-refractivity contribution in [2.24, 2.45) is 0 Å². The quantitative estimate of drug-likeness (QED) is 0.178. The summed E-state index contributed by atoms with van der Waals surface area (Å²) in [6.45, 7) is 12.1. The van der Waals surface area contributed by atoms with Crippen LogP contribution in [0.15, 0.2) is 81.0 Å². The molecule has 3 rings (SSSR count). The fourth-order valence-electron chi connectivity index (χ4n) is 3.48. The Labute approximate surface area is 212 Å². The highest BCUT2D eigenvalue weighted by Crippen LogP contribution is 2.38. The molecule has 0 aliphatic carbocycles. The van der Waals surface area contributed by atoms with E-state index in [2.05, 4.69) is 19.9 Å². The highest BCUT2D eigenvalue weighted by Gasteiger charge is 2.24. The van der Waals surface area contributed by atoms with Crippen molar-refractivity contribution in [3.8, 4) is 17.2 Å². The molecule has 0 spiro atoms. The molecule has 0 N–H and O–H groups in total. The molecule has 0 bridgehead atoms. The van der Waals surface area contributed by atoms with Gasteiger partial charge in [0.25, 0.3) is 5.75 Å². The molecule has 0 saturated carbocycles. The largest absolute Gasteiger partial charge is 0.485 e. The number of ether oxygens (including phenoxy) is 3. The van der Waals surface area contributed by atoms with Gasteiger partial charge in [-0.05, 0) is 84.7 Å². The van der Waals surface area contributed by atoms with Crippen LogP contribution in [0, 0.1) is 0 Å². The zero-order valence-electron chi connectivity index (χ0n) is 21.8.